The molecule has 0 aromatic heterocycles. The number of halogens is 5. The molecule has 4 nitrogen and oxygen atoms in total. The van der Waals surface area contributed by atoms with Gasteiger partial charge in [-0.15, -0.1) is 4.72 Å². The minimum atomic E-state index is -3.40. The predicted molar refractivity (Wildman–Crippen MR) is 112 cm³/mol. The summed E-state index contributed by atoms with van der Waals surface area (Å²) in [7, 11) is 0. The van der Waals surface area contributed by atoms with E-state index in [-0.39, 0.29) is 23.1 Å². The Morgan fingerprint density at radius 2 is 1.75 bits per heavy atom. The summed E-state index contributed by atoms with van der Waals surface area (Å²) >= 11 is -1.82. The van der Waals surface area contributed by atoms with Gasteiger partial charge in [-0.2, -0.15) is 0 Å². The third kappa shape index (κ3) is 4.77. The molecule has 10 heteroatoms. The maximum atomic E-state index is 15.3. The van der Waals surface area contributed by atoms with E-state index >= 15 is 4.39 Å². The Kier molecular flexibility index (Phi) is 7.16. The molecule has 32 heavy (non-hydrogen) atoms. The quantitative estimate of drug-likeness (QED) is 0.508. The zero-order chi connectivity index (χ0) is 23.8. The van der Waals surface area contributed by atoms with Crippen LogP contribution < -0.4 is 4.72 Å². The van der Waals surface area contributed by atoms with Crippen molar-refractivity contribution < 1.29 is 31.3 Å². The third-order valence-corrected chi connectivity index (χ3v) is 6.03. The Hall–Kier alpha value is -2.17. The van der Waals surface area contributed by atoms with Gasteiger partial charge >= 0.3 is 0 Å². The maximum Gasteiger partial charge on any atom is 0.286 e. The topological polar surface area (TPSA) is 55.4 Å². The van der Waals surface area contributed by atoms with Gasteiger partial charge in [0.25, 0.3) is 5.92 Å². The van der Waals surface area contributed by atoms with Gasteiger partial charge < -0.3 is 9.45 Å². The Bertz CT molecular complexity index is 1000. The lowest BCUT2D eigenvalue weighted by Crippen LogP contribution is -2.52. The van der Waals surface area contributed by atoms with E-state index in [2.05, 4.69) is 4.72 Å². The lowest BCUT2D eigenvalue weighted by atomic mass is 9.95. The largest absolute Gasteiger partial charge is 0.598 e. The number of nitrogens with one attached hydrogen (secondary N) is 1. The number of carbonyl (C=O) groups excluding carboxylic acids is 1. The van der Waals surface area contributed by atoms with Crippen LogP contribution in [-0.4, -0.2) is 46.2 Å². The van der Waals surface area contributed by atoms with Crippen molar-refractivity contribution in [2.75, 3.05) is 12.8 Å². The van der Waals surface area contributed by atoms with Crippen molar-refractivity contribution in [2.24, 2.45) is 5.92 Å². The van der Waals surface area contributed by atoms with Crippen molar-refractivity contribution in [1.82, 2.24) is 9.62 Å². The van der Waals surface area contributed by atoms with Gasteiger partial charge in [-0.05, 0) is 18.1 Å². The summed E-state index contributed by atoms with van der Waals surface area (Å²) in [6.07, 6.45) is 0.855. The van der Waals surface area contributed by atoms with E-state index in [1.165, 1.54) is 36.6 Å². The zero-order valence-electron chi connectivity index (χ0n) is 17.7. The van der Waals surface area contributed by atoms with Gasteiger partial charge in [0.2, 0.25) is 5.91 Å². The Morgan fingerprint density at radius 1 is 1.16 bits per heavy atom. The molecule has 0 spiro atoms. The first-order chi connectivity index (χ1) is 14.9. The minimum Gasteiger partial charge on any atom is -0.598 e. The second-order valence-corrected chi connectivity index (χ2v) is 9.23. The molecule has 0 radical (unpaired) electrons. The summed E-state index contributed by atoms with van der Waals surface area (Å²) < 4.78 is 86.7. The van der Waals surface area contributed by atoms with E-state index in [1.807, 2.05) is 0 Å². The molecule has 2 aromatic carbocycles. The summed E-state index contributed by atoms with van der Waals surface area (Å²) in [4.78, 5) is 13.6. The van der Waals surface area contributed by atoms with Crippen LogP contribution in [0.3, 0.4) is 0 Å². The fraction of sp³-hybridized carbons (Fsp3) is 0.409. The van der Waals surface area contributed by atoms with Gasteiger partial charge in [0.15, 0.2) is 11.6 Å². The third-order valence-electron chi connectivity index (χ3n) is 5.44. The van der Waals surface area contributed by atoms with Crippen LogP contribution >= 0.6 is 0 Å². The highest BCUT2D eigenvalue weighted by Gasteiger charge is 2.57. The van der Waals surface area contributed by atoms with E-state index in [1.54, 1.807) is 13.8 Å². The lowest BCUT2D eigenvalue weighted by molar-refractivity contribution is -0.136. The number of nitrogens with zero attached hydrogens (tertiary/aromatic N) is 1. The second-order valence-electron chi connectivity index (χ2n) is 8.08. The predicted octanol–water partition coefficient (Wildman–Crippen LogP) is 4.07. The number of rotatable bonds is 6. The summed E-state index contributed by atoms with van der Waals surface area (Å²) in [6, 6.07) is 4.47. The second kappa shape index (κ2) is 9.36. The van der Waals surface area contributed by atoms with Gasteiger partial charge in [-0.1, -0.05) is 44.2 Å². The van der Waals surface area contributed by atoms with Crippen LogP contribution in [0.25, 0.3) is 11.1 Å². The van der Waals surface area contributed by atoms with Crippen molar-refractivity contribution in [2.45, 2.75) is 38.3 Å². The summed E-state index contributed by atoms with van der Waals surface area (Å²) in [5, 5.41) is 0. The molecule has 1 aliphatic rings. The summed E-state index contributed by atoms with van der Waals surface area (Å²) in [6.45, 7) is 2.22. The first kappa shape index (κ1) is 24.5. The van der Waals surface area contributed by atoms with Gasteiger partial charge in [0.1, 0.15) is 18.1 Å². The molecule has 0 aliphatic carbocycles. The number of carbonyl (C=O) groups is 1. The zero-order valence-corrected chi connectivity index (χ0v) is 18.5. The molecule has 1 saturated heterocycles. The minimum absolute atomic E-state index is 0.0518. The van der Waals surface area contributed by atoms with E-state index in [0.717, 1.165) is 11.0 Å². The van der Waals surface area contributed by atoms with E-state index in [4.69, 9.17) is 0 Å². The number of amides is 1. The Morgan fingerprint density at radius 3 is 2.34 bits per heavy atom. The number of hydrogen-bond donors (Lipinski definition) is 1. The van der Waals surface area contributed by atoms with E-state index < -0.39 is 65.2 Å². The fourth-order valence-corrected chi connectivity index (χ4v) is 4.62. The SMILES string of the molecule is CC(C)C(=O)N1CC(F)(F)[C@H](N[S+](C)[O-])[C@@H]1Cc1cccc(-c2cccc(F)c2F)c1F. The molecule has 174 valence electrons. The van der Waals surface area contributed by atoms with Crippen LogP contribution in [0.4, 0.5) is 22.0 Å². The Labute approximate surface area is 186 Å². The molecule has 2 aromatic rings. The van der Waals surface area contributed by atoms with Crippen LogP contribution in [0.5, 0.6) is 0 Å². The fourth-order valence-electron chi connectivity index (χ4n) is 3.93. The number of benzene rings is 2. The van der Waals surface area contributed by atoms with Crippen molar-refractivity contribution in [1.29, 1.82) is 0 Å². The van der Waals surface area contributed by atoms with Crippen LogP contribution in [0.15, 0.2) is 36.4 Å². The highest BCUT2D eigenvalue weighted by atomic mass is 32.2. The maximum absolute atomic E-state index is 15.3. The van der Waals surface area contributed by atoms with Gasteiger partial charge in [0.05, 0.1) is 12.6 Å². The molecule has 1 heterocycles. The average Bonchev–Trinajstić information content (AvgIpc) is 2.95. The van der Waals surface area contributed by atoms with Gasteiger partial charge in [0, 0.05) is 28.4 Å². The van der Waals surface area contributed by atoms with Crippen molar-refractivity contribution in [3.63, 3.8) is 0 Å². The van der Waals surface area contributed by atoms with Crippen LogP contribution in [0.2, 0.25) is 0 Å². The van der Waals surface area contributed by atoms with E-state index in [9.17, 15) is 26.9 Å². The van der Waals surface area contributed by atoms with Crippen molar-refractivity contribution in [3.05, 3.63) is 59.4 Å². The van der Waals surface area contributed by atoms with Crippen molar-refractivity contribution in [3.8, 4) is 11.1 Å². The first-order valence-corrected chi connectivity index (χ1v) is 11.5. The molecule has 1 amide bonds. The molecule has 0 bridgehead atoms. The monoisotopic (exact) mass is 474 g/mol. The van der Waals surface area contributed by atoms with Crippen LogP contribution in [-0.2, 0) is 22.6 Å². The van der Waals surface area contributed by atoms with Gasteiger partial charge in [-0.3, -0.25) is 4.79 Å². The molecule has 1 N–H and O–H groups in total. The molecule has 1 unspecified atom stereocenters. The lowest BCUT2D eigenvalue weighted by Gasteiger charge is -2.29. The molecule has 1 aliphatic heterocycles. The Balaban J connectivity index is 2.03. The smallest absolute Gasteiger partial charge is 0.286 e. The normalized spacial score (nSPS) is 21.2. The highest BCUT2D eigenvalue weighted by Crippen LogP contribution is 2.37. The van der Waals surface area contributed by atoms with Gasteiger partial charge in [-0.25, -0.2) is 22.0 Å². The molecule has 0 saturated carbocycles. The molecular formula is C22H23F5N2O2S. The number of likely N-dealkylation sites (tertiary alicyclic amines) is 1. The number of hydrogen-bond acceptors (Lipinski definition) is 3. The molecule has 1 fully saturated rings. The summed E-state index contributed by atoms with van der Waals surface area (Å²) in [5.41, 5.74) is -0.584. The molecule has 3 atom stereocenters. The standard InChI is InChI=1S/C22H23F5N2O2S/c1-12(2)21(30)29-11-22(26,27)20(28-32(3)31)17(29)10-13-6-4-7-14(18(13)24)15-8-5-9-16(23)19(15)25/h4-9,12,17,20,28H,10-11H2,1-3H3/t17-,20+,32?/m0/s1. The average molecular weight is 474 g/mol. The first-order valence-electron chi connectivity index (χ1n) is 9.93. The summed E-state index contributed by atoms with van der Waals surface area (Å²) in [5.74, 6) is -7.81. The van der Waals surface area contributed by atoms with Crippen LogP contribution in [0.1, 0.15) is 19.4 Å². The van der Waals surface area contributed by atoms with E-state index in [0.29, 0.717) is 0 Å². The molecule has 3 rings (SSSR count). The van der Waals surface area contributed by atoms with Crippen LogP contribution in [0, 0.1) is 23.4 Å². The molecular weight excluding hydrogens is 451 g/mol. The highest BCUT2D eigenvalue weighted by molar-refractivity contribution is 7.88. The number of alkyl halides is 2. The van der Waals surface area contributed by atoms with Crippen molar-refractivity contribution >= 4 is 17.3 Å².